The third kappa shape index (κ3) is 3.34. The zero-order chi connectivity index (χ0) is 22.1. The SMILES string of the molecule is CCOc1ccc(N2C(=O)c3cccc4c(NCCO)c([N+](=O)[O-])cc(c34)C2=O)cc1. The van der Waals surface area contributed by atoms with E-state index in [1.54, 1.807) is 42.5 Å². The van der Waals surface area contributed by atoms with E-state index in [2.05, 4.69) is 5.32 Å². The number of benzene rings is 3. The molecule has 31 heavy (non-hydrogen) atoms. The highest BCUT2D eigenvalue weighted by atomic mass is 16.6. The summed E-state index contributed by atoms with van der Waals surface area (Å²) in [6.07, 6.45) is 0. The quantitative estimate of drug-likeness (QED) is 0.341. The first-order valence-corrected chi connectivity index (χ1v) is 9.68. The summed E-state index contributed by atoms with van der Waals surface area (Å²) in [5, 5.41) is 24.4. The van der Waals surface area contributed by atoms with Crippen LogP contribution in [0.2, 0.25) is 0 Å². The topological polar surface area (TPSA) is 122 Å². The predicted molar refractivity (Wildman–Crippen MR) is 115 cm³/mol. The number of aliphatic hydroxyl groups excluding tert-OH is 1. The minimum absolute atomic E-state index is 0.0698. The van der Waals surface area contributed by atoms with Gasteiger partial charge in [-0.1, -0.05) is 12.1 Å². The number of hydrogen-bond donors (Lipinski definition) is 2. The molecule has 0 atom stereocenters. The number of carbonyl (C=O) groups excluding carboxylic acids is 2. The first kappa shape index (κ1) is 20.3. The molecule has 3 aromatic rings. The zero-order valence-electron chi connectivity index (χ0n) is 16.6. The molecule has 1 aliphatic rings. The largest absolute Gasteiger partial charge is 0.494 e. The summed E-state index contributed by atoms with van der Waals surface area (Å²) in [4.78, 5) is 38.7. The number of imide groups is 1. The van der Waals surface area contributed by atoms with Gasteiger partial charge >= 0.3 is 0 Å². The summed E-state index contributed by atoms with van der Waals surface area (Å²) < 4.78 is 5.40. The molecule has 0 saturated carbocycles. The molecule has 3 aromatic carbocycles. The van der Waals surface area contributed by atoms with Crippen LogP contribution in [-0.2, 0) is 0 Å². The Hall–Kier alpha value is -3.98. The Bertz CT molecular complexity index is 1210. The number of nitro benzene ring substituents is 1. The molecule has 0 aromatic heterocycles. The summed E-state index contributed by atoms with van der Waals surface area (Å²) in [6, 6.07) is 12.5. The molecule has 158 valence electrons. The summed E-state index contributed by atoms with van der Waals surface area (Å²) in [7, 11) is 0. The lowest BCUT2D eigenvalue weighted by molar-refractivity contribution is -0.383. The number of rotatable bonds is 7. The smallest absolute Gasteiger partial charge is 0.293 e. The Morgan fingerprint density at radius 2 is 1.81 bits per heavy atom. The van der Waals surface area contributed by atoms with Crippen molar-refractivity contribution in [3.63, 3.8) is 0 Å². The van der Waals surface area contributed by atoms with Gasteiger partial charge < -0.3 is 15.2 Å². The number of hydrogen-bond acceptors (Lipinski definition) is 7. The first-order valence-electron chi connectivity index (χ1n) is 9.68. The molecule has 0 fully saturated rings. The fourth-order valence-corrected chi connectivity index (χ4v) is 3.75. The Morgan fingerprint density at radius 1 is 1.10 bits per heavy atom. The van der Waals surface area contributed by atoms with E-state index in [-0.39, 0.29) is 35.7 Å². The van der Waals surface area contributed by atoms with Crippen molar-refractivity contribution < 1.29 is 24.4 Å². The number of nitro groups is 1. The second-order valence-corrected chi connectivity index (χ2v) is 6.83. The maximum absolute atomic E-state index is 13.3. The van der Waals surface area contributed by atoms with Gasteiger partial charge in [-0.15, -0.1) is 0 Å². The molecule has 1 heterocycles. The van der Waals surface area contributed by atoms with Crippen molar-refractivity contribution in [1.82, 2.24) is 0 Å². The molecule has 2 amide bonds. The highest BCUT2D eigenvalue weighted by molar-refractivity contribution is 6.37. The van der Waals surface area contributed by atoms with Gasteiger partial charge in [-0.3, -0.25) is 19.7 Å². The molecule has 1 aliphatic heterocycles. The highest BCUT2D eigenvalue weighted by Crippen LogP contribution is 2.41. The number of ether oxygens (including phenoxy) is 1. The van der Waals surface area contributed by atoms with Gasteiger partial charge in [-0.2, -0.15) is 0 Å². The molecule has 4 rings (SSSR count). The molecule has 9 heteroatoms. The van der Waals surface area contributed by atoms with Gasteiger partial charge in [0, 0.05) is 28.9 Å². The van der Waals surface area contributed by atoms with Crippen molar-refractivity contribution in [2.75, 3.05) is 30.0 Å². The van der Waals surface area contributed by atoms with Crippen LogP contribution in [0.1, 0.15) is 27.6 Å². The van der Waals surface area contributed by atoms with Crippen LogP contribution in [0.25, 0.3) is 10.8 Å². The molecule has 0 saturated heterocycles. The molecule has 0 spiro atoms. The fourth-order valence-electron chi connectivity index (χ4n) is 3.75. The fraction of sp³-hybridized carbons (Fsp3) is 0.182. The summed E-state index contributed by atoms with van der Waals surface area (Å²) in [5.41, 5.74) is 0.534. The van der Waals surface area contributed by atoms with Crippen molar-refractivity contribution in [2.45, 2.75) is 6.92 Å². The third-order valence-electron chi connectivity index (χ3n) is 5.02. The molecule has 0 aliphatic carbocycles. The van der Waals surface area contributed by atoms with E-state index in [4.69, 9.17) is 9.84 Å². The van der Waals surface area contributed by atoms with Crippen LogP contribution < -0.4 is 15.0 Å². The second-order valence-electron chi connectivity index (χ2n) is 6.83. The second kappa shape index (κ2) is 8.04. The Morgan fingerprint density at radius 3 is 2.45 bits per heavy atom. The predicted octanol–water partition coefficient (Wildman–Crippen LogP) is 3.35. The van der Waals surface area contributed by atoms with Gasteiger partial charge in [0.15, 0.2) is 0 Å². The minimum atomic E-state index is -0.644. The van der Waals surface area contributed by atoms with E-state index >= 15 is 0 Å². The Labute approximate surface area is 177 Å². The van der Waals surface area contributed by atoms with E-state index in [0.29, 0.717) is 28.8 Å². The van der Waals surface area contributed by atoms with E-state index < -0.39 is 16.7 Å². The summed E-state index contributed by atoms with van der Waals surface area (Å²) in [5.74, 6) is -0.565. The standard InChI is InChI=1S/C22H19N3O6/c1-2-31-14-8-6-13(7-9-14)24-21(27)16-5-3-4-15-19(16)17(22(24)28)12-18(25(29)30)20(15)23-10-11-26/h3-9,12,23,26H,2,10-11H2,1H3. The normalized spacial score (nSPS) is 12.9. The maximum atomic E-state index is 13.3. The molecular weight excluding hydrogens is 402 g/mol. The van der Waals surface area contributed by atoms with E-state index in [1.165, 1.54) is 6.07 Å². The van der Waals surface area contributed by atoms with Crippen molar-refractivity contribution in [3.8, 4) is 5.75 Å². The average molecular weight is 421 g/mol. The Kier molecular flexibility index (Phi) is 5.26. The maximum Gasteiger partial charge on any atom is 0.293 e. The van der Waals surface area contributed by atoms with Gasteiger partial charge in [-0.25, -0.2) is 4.90 Å². The molecular formula is C22H19N3O6. The van der Waals surface area contributed by atoms with Crippen LogP contribution >= 0.6 is 0 Å². The number of carbonyl (C=O) groups is 2. The summed E-state index contributed by atoms with van der Waals surface area (Å²) >= 11 is 0. The van der Waals surface area contributed by atoms with Gasteiger partial charge in [0.25, 0.3) is 17.5 Å². The lowest BCUT2D eigenvalue weighted by Gasteiger charge is -2.28. The summed E-state index contributed by atoms with van der Waals surface area (Å²) in [6.45, 7) is 2.18. The van der Waals surface area contributed by atoms with Crippen molar-refractivity contribution in [2.24, 2.45) is 0 Å². The van der Waals surface area contributed by atoms with Crippen LogP contribution in [-0.4, -0.2) is 41.6 Å². The Balaban J connectivity index is 1.91. The van der Waals surface area contributed by atoms with Crippen molar-refractivity contribution in [1.29, 1.82) is 0 Å². The lowest BCUT2D eigenvalue weighted by Crippen LogP contribution is -2.40. The number of anilines is 2. The average Bonchev–Trinajstić information content (AvgIpc) is 2.77. The van der Waals surface area contributed by atoms with Gasteiger partial charge in [0.2, 0.25) is 0 Å². The minimum Gasteiger partial charge on any atom is -0.494 e. The van der Waals surface area contributed by atoms with E-state index in [1.807, 2.05) is 6.92 Å². The van der Waals surface area contributed by atoms with Crippen LogP contribution in [0.3, 0.4) is 0 Å². The number of amides is 2. The number of nitrogens with one attached hydrogen (secondary N) is 1. The van der Waals surface area contributed by atoms with Crippen LogP contribution in [0.15, 0.2) is 48.5 Å². The molecule has 9 nitrogen and oxygen atoms in total. The molecule has 0 radical (unpaired) electrons. The van der Waals surface area contributed by atoms with Gasteiger partial charge in [0.05, 0.1) is 29.4 Å². The van der Waals surface area contributed by atoms with Crippen LogP contribution in [0.4, 0.5) is 17.1 Å². The molecule has 0 bridgehead atoms. The van der Waals surface area contributed by atoms with Crippen molar-refractivity contribution >= 4 is 39.6 Å². The van der Waals surface area contributed by atoms with E-state index in [0.717, 1.165) is 4.90 Å². The number of aliphatic hydroxyl groups is 1. The highest BCUT2D eigenvalue weighted by Gasteiger charge is 2.37. The van der Waals surface area contributed by atoms with Crippen LogP contribution in [0, 0.1) is 10.1 Å². The van der Waals surface area contributed by atoms with Gasteiger partial charge in [0.1, 0.15) is 11.4 Å². The zero-order valence-corrected chi connectivity index (χ0v) is 16.6. The molecule has 2 N–H and O–H groups in total. The lowest BCUT2D eigenvalue weighted by atomic mass is 9.91. The van der Waals surface area contributed by atoms with E-state index in [9.17, 15) is 19.7 Å². The third-order valence-corrected chi connectivity index (χ3v) is 5.02. The van der Waals surface area contributed by atoms with Gasteiger partial charge in [-0.05, 0) is 37.3 Å². The molecule has 0 unspecified atom stereocenters. The van der Waals surface area contributed by atoms with Crippen LogP contribution in [0.5, 0.6) is 5.75 Å². The number of nitrogens with zero attached hydrogens (tertiary/aromatic N) is 2. The van der Waals surface area contributed by atoms with Crippen molar-refractivity contribution in [3.05, 3.63) is 69.8 Å². The first-order chi connectivity index (χ1) is 15.0. The monoisotopic (exact) mass is 421 g/mol.